The minimum atomic E-state index is 0.0242. The predicted molar refractivity (Wildman–Crippen MR) is 106 cm³/mol. The number of nitrogens with zero attached hydrogens (tertiary/aromatic N) is 2. The van der Waals surface area contributed by atoms with E-state index in [-0.39, 0.29) is 5.91 Å². The van der Waals surface area contributed by atoms with Crippen molar-refractivity contribution in [1.29, 1.82) is 0 Å². The molecule has 1 saturated heterocycles. The normalized spacial score (nSPS) is 17.9. The molecule has 144 valence electrons. The number of benzene rings is 1. The maximum absolute atomic E-state index is 12.8. The number of ether oxygens (including phenoxy) is 1. The monoisotopic (exact) mass is 367 g/mol. The molecular weight excluding hydrogens is 338 g/mol. The quantitative estimate of drug-likeness (QED) is 0.853. The standard InChI is InChI=1S/C22H29N3O2/c1-16-13-21(17(2)25(16)20-7-8-20)22(26)23-14-18-5-3-4-6-19(18)15-24-9-11-27-12-10-24/h3-6,13,20H,7-12,14-15H2,1-2H3,(H,23,26). The first-order chi connectivity index (χ1) is 13.1. The van der Waals surface area contributed by atoms with Crippen molar-refractivity contribution in [2.45, 2.75) is 45.8 Å². The number of hydrogen-bond donors (Lipinski definition) is 1. The molecule has 1 aromatic heterocycles. The molecule has 0 radical (unpaired) electrons. The number of aromatic nitrogens is 1. The first-order valence-electron chi connectivity index (χ1n) is 9.97. The lowest BCUT2D eigenvalue weighted by atomic mass is 10.1. The van der Waals surface area contributed by atoms with Crippen LogP contribution in [0.25, 0.3) is 0 Å². The Morgan fingerprint density at radius 3 is 2.56 bits per heavy atom. The molecule has 27 heavy (non-hydrogen) atoms. The van der Waals surface area contributed by atoms with E-state index in [4.69, 9.17) is 4.74 Å². The summed E-state index contributed by atoms with van der Waals surface area (Å²) in [6.07, 6.45) is 2.46. The van der Waals surface area contributed by atoms with Crippen molar-refractivity contribution in [2.24, 2.45) is 0 Å². The maximum atomic E-state index is 12.8. The van der Waals surface area contributed by atoms with Crippen molar-refractivity contribution in [3.05, 3.63) is 58.4 Å². The summed E-state index contributed by atoms with van der Waals surface area (Å²) >= 11 is 0. The van der Waals surface area contributed by atoms with Crippen LogP contribution in [0.1, 0.15) is 51.8 Å². The first-order valence-corrected chi connectivity index (χ1v) is 9.97. The van der Waals surface area contributed by atoms with E-state index < -0.39 is 0 Å². The summed E-state index contributed by atoms with van der Waals surface area (Å²) in [7, 11) is 0. The van der Waals surface area contributed by atoms with E-state index in [1.165, 1.54) is 29.7 Å². The second-order valence-electron chi connectivity index (χ2n) is 7.73. The highest BCUT2D eigenvalue weighted by Gasteiger charge is 2.28. The Balaban J connectivity index is 1.43. The molecule has 1 N–H and O–H groups in total. The van der Waals surface area contributed by atoms with Crippen LogP contribution in [0.15, 0.2) is 30.3 Å². The van der Waals surface area contributed by atoms with Gasteiger partial charge in [0.05, 0.1) is 18.8 Å². The lowest BCUT2D eigenvalue weighted by Gasteiger charge is -2.27. The molecule has 1 aromatic carbocycles. The van der Waals surface area contributed by atoms with Gasteiger partial charge in [0.2, 0.25) is 0 Å². The van der Waals surface area contributed by atoms with Crippen molar-refractivity contribution in [1.82, 2.24) is 14.8 Å². The van der Waals surface area contributed by atoms with Gasteiger partial charge in [0.25, 0.3) is 5.91 Å². The summed E-state index contributed by atoms with van der Waals surface area (Å²) in [5, 5.41) is 3.14. The summed E-state index contributed by atoms with van der Waals surface area (Å²) in [5.74, 6) is 0.0242. The number of hydrogen-bond acceptors (Lipinski definition) is 3. The van der Waals surface area contributed by atoms with Crippen molar-refractivity contribution in [2.75, 3.05) is 26.3 Å². The van der Waals surface area contributed by atoms with E-state index in [9.17, 15) is 4.79 Å². The van der Waals surface area contributed by atoms with Gasteiger partial charge in [-0.25, -0.2) is 0 Å². The van der Waals surface area contributed by atoms with Gasteiger partial charge < -0.3 is 14.6 Å². The molecule has 2 heterocycles. The summed E-state index contributed by atoms with van der Waals surface area (Å²) in [6, 6.07) is 11.0. The zero-order valence-electron chi connectivity index (χ0n) is 16.3. The number of nitrogens with one attached hydrogen (secondary N) is 1. The fourth-order valence-electron chi connectivity index (χ4n) is 4.06. The molecule has 1 aliphatic heterocycles. The number of morpholine rings is 1. The molecule has 5 nitrogen and oxygen atoms in total. The Kier molecular flexibility index (Phi) is 5.32. The second kappa shape index (κ2) is 7.87. The summed E-state index contributed by atoms with van der Waals surface area (Å²) in [6.45, 7) is 9.16. The molecule has 1 amide bonds. The van der Waals surface area contributed by atoms with E-state index >= 15 is 0 Å². The van der Waals surface area contributed by atoms with Gasteiger partial charge in [0.1, 0.15) is 0 Å². The van der Waals surface area contributed by atoms with Gasteiger partial charge in [0, 0.05) is 43.6 Å². The highest BCUT2D eigenvalue weighted by Crippen LogP contribution is 2.38. The molecule has 0 spiro atoms. The molecule has 1 saturated carbocycles. The minimum absolute atomic E-state index is 0.0242. The predicted octanol–water partition coefficient (Wildman–Crippen LogP) is 3.20. The maximum Gasteiger partial charge on any atom is 0.253 e. The first kappa shape index (κ1) is 18.3. The Morgan fingerprint density at radius 2 is 1.85 bits per heavy atom. The summed E-state index contributed by atoms with van der Waals surface area (Å²) in [4.78, 5) is 15.2. The average molecular weight is 367 g/mol. The minimum Gasteiger partial charge on any atom is -0.379 e. The van der Waals surface area contributed by atoms with Crippen LogP contribution < -0.4 is 5.32 Å². The fraction of sp³-hybridized carbons (Fsp3) is 0.500. The molecule has 2 aliphatic rings. The summed E-state index contributed by atoms with van der Waals surface area (Å²) in [5.41, 5.74) is 5.56. The molecule has 2 aromatic rings. The van der Waals surface area contributed by atoms with E-state index in [1.807, 2.05) is 12.1 Å². The molecule has 4 rings (SSSR count). The zero-order valence-corrected chi connectivity index (χ0v) is 16.3. The molecule has 2 fully saturated rings. The van der Waals surface area contributed by atoms with Gasteiger partial charge in [-0.2, -0.15) is 0 Å². The number of aryl methyl sites for hydroxylation is 1. The fourth-order valence-corrected chi connectivity index (χ4v) is 4.06. The molecule has 1 aliphatic carbocycles. The van der Waals surface area contributed by atoms with E-state index in [0.29, 0.717) is 12.6 Å². The third kappa shape index (κ3) is 4.09. The molecule has 5 heteroatoms. The van der Waals surface area contributed by atoms with Gasteiger partial charge in [-0.15, -0.1) is 0 Å². The average Bonchev–Trinajstić information content (AvgIpc) is 3.46. The van der Waals surface area contributed by atoms with Crippen molar-refractivity contribution < 1.29 is 9.53 Å². The van der Waals surface area contributed by atoms with Crippen molar-refractivity contribution in [3.63, 3.8) is 0 Å². The van der Waals surface area contributed by atoms with Gasteiger partial charge in [-0.3, -0.25) is 9.69 Å². The van der Waals surface area contributed by atoms with Crippen LogP contribution in [0.2, 0.25) is 0 Å². The molecular formula is C22H29N3O2. The van der Waals surface area contributed by atoms with Crippen molar-refractivity contribution in [3.8, 4) is 0 Å². The number of rotatable bonds is 6. The molecule has 0 unspecified atom stereocenters. The van der Waals surface area contributed by atoms with Crippen LogP contribution in [-0.4, -0.2) is 41.7 Å². The molecule has 0 atom stereocenters. The Morgan fingerprint density at radius 1 is 1.15 bits per heavy atom. The third-order valence-corrected chi connectivity index (χ3v) is 5.70. The Labute approximate surface area is 161 Å². The number of amides is 1. The third-order valence-electron chi connectivity index (χ3n) is 5.70. The highest BCUT2D eigenvalue weighted by atomic mass is 16.5. The number of carbonyl (C=O) groups is 1. The van der Waals surface area contributed by atoms with E-state index in [2.05, 4.69) is 46.8 Å². The highest BCUT2D eigenvalue weighted by molar-refractivity contribution is 5.95. The lowest BCUT2D eigenvalue weighted by Crippen LogP contribution is -2.36. The zero-order chi connectivity index (χ0) is 18.8. The van der Waals surface area contributed by atoms with Gasteiger partial charge in [-0.05, 0) is 43.9 Å². The van der Waals surface area contributed by atoms with Crippen LogP contribution in [0, 0.1) is 13.8 Å². The van der Waals surface area contributed by atoms with Crippen LogP contribution >= 0.6 is 0 Å². The van der Waals surface area contributed by atoms with Gasteiger partial charge in [-0.1, -0.05) is 24.3 Å². The van der Waals surface area contributed by atoms with Gasteiger partial charge >= 0.3 is 0 Å². The van der Waals surface area contributed by atoms with Gasteiger partial charge in [0.15, 0.2) is 0 Å². The van der Waals surface area contributed by atoms with Crippen LogP contribution in [0.4, 0.5) is 0 Å². The Hall–Kier alpha value is -2.11. The Bertz CT molecular complexity index is 817. The lowest BCUT2D eigenvalue weighted by molar-refractivity contribution is 0.0340. The summed E-state index contributed by atoms with van der Waals surface area (Å²) < 4.78 is 7.76. The smallest absolute Gasteiger partial charge is 0.253 e. The topological polar surface area (TPSA) is 46.5 Å². The van der Waals surface area contributed by atoms with Crippen molar-refractivity contribution >= 4 is 5.91 Å². The van der Waals surface area contributed by atoms with Crippen LogP contribution in [0.3, 0.4) is 0 Å². The van der Waals surface area contributed by atoms with E-state index in [0.717, 1.165) is 44.1 Å². The van der Waals surface area contributed by atoms with Crippen LogP contribution in [0.5, 0.6) is 0 Å². The second-order valence-corrected chi connectivity index (χ2v) is 7.73. The van der Waals surface area contributed by atoms with E-state index in [1.54, 1.807) is 0 Å². The SMILES string of the molecule is Cc1cc(C(=O)NCc2ccccc2CN2CCOCC2)c(C)n1C1CC1. The van der Waals surface area contributed by atoms with Crippen LogP contribution in [-0.2, 0) is 17.8 Å². The number of carbonyl (C=O) groups excluding carboxylic acids is 1. The largest absolute Gasteiger partial charge is 0.379 e. The molecule has 0 bridgehead atoms.